The highest BCUT2D eigenvalue weighted by molar-refractivity contribution is 5.97. The van der Waals surface area contributed by atoms with Gasteiger partial charge in [-0.25, -0.2) is 27.8 Å². The van der Waals surface area contributed by atoms with E-state index in [2.05, 4.69) is 5.43 Å². The van der Waals surface area contributed by atoms with Crippen LogP contribution in [0, 0.1) is 17.5 Å². The summed E-state index contributed by atoms with van der Waals surface area (Å²) < 4.78 is 62.3. The molecule has 0 fully saturated rings. The van der Waals surface area contributed by atoms with E-state index in [0.29, 0.717) is 22.9 Å². The van der Waals surface area contributed by atoms with Crippen LogP contribution in [-0.2, 0) is 25.6 Å². The molecule has 0 radical (unpaired) electrons. The molecule has 0 spiro atoms. The number of halogens is 3. The maximum Gasteiger partial charge on any atom is 0.429 e. The maximum absolute atomic E-state index is 14.2. The number of nitrogens with zero attached hydrogens (tertiary/aromatic N) is 1. The van der Waals surface area contributed by atoms with E-state index in [-0.39, 0.29) is 30.0 Å². The Labute approximate surface area is 241 Å². The molecule has 0 saturated carbocycles. The van der Waals surface area contributed by atoms with Gasteiger partial charge in [-0.2, -0.15) is 0 Å². The molecular formula is C30H31F3N2O7. The molecule has 0 atom stereocenters. The maximum atomic E-state index is 14.2. The van der Waals surface area contributed by atoms with E-state index in [1.165, 1.54) is 37.4 Å². The zero-order chi connectivity index (χ0) is 31.0. The lowest BCUT2D eigenvalue weighted by atomic mass is 10.0. The molecule has 0 aliphatic heterocycles. The number of anilines is 1. The van der Waals surface area contributed by atoms with Crippen molar-refractivity contribution >= 4 is 23.7 Å². The Bertz CT molecular complexity index is 1440. The number of esters is 2. The number of hydrogen-bond donors (Lipinski definition) is 1. The Balaban J connectivity index is 1.90. The fraction of sp³-hybridized carbons (Fsp3) is 0.300. The summed E-state index contributed by atoms with van der Waals surface area (Å²) in [5.74, 6) is -4.51. The minimum absolute atomic E-state index is 0.0418. The summed E-state index contributed by atoms with van der Waals surface area (Å²) in [4.78, 5) is 37.9. The number of carbonyl (C=O) groups is 3. The van der Waals surface area contributed by atoms with E-state index in [4.69, 9.17) is 18.9 Å². The third kappa shape index (κ3) is 8.38. The highest BCUT2D eigenvalue weighted by Gasteiger charge is 2.27. The van der Waals surface area contributed by atoms with Crippen LogP contribution in [0.1, 0.15) is 43.6 Å². The van der Waals surface area contributed by atoms with Gasteiger partial charge in [0.15, 0.2) is 11.6 Å². The fourth-order valence-corrected chi connectivity index (χ4v) is 3.71. The predicted molar refractivity (Wildman–Crippen MR) is 147 cm³/mol. The molecule has 1 amide bonds. The van der Waals surface area contributed by atoms with Crippen LogP contribution >= 0.6 is 0 Å². The van der Waals surface area contributed by atoms with Crippen LogP contribution in [-0.4, -0.2) is 48.9 Å². The lowest BCUT2D eigenvalue weighted by Gasteiger charge is -2.29. The topological polar surface area (TPSA) is 103 Å². The van der Waals surface area contributed by atoms with Crippen molar-refractivity contribution in [3.05, 3.63) is 83.2 Å². The van der Waals surface area contributed by atoms with Crippen molar-refractivity contribution in [3.63, 3.8) is 0 Å². The summed E-state index contributed by atoms with van der Waals surface area (Å²) in [6.45, 7) is 5.99. The average Bonchev–Trinajstić information content (AvgIpc) is 2.93. The van der Waals surface area contributed by atoms with E-state index in [1.807, 2.05) is 0 Å². The number of benzene rings is 3. The second-order valence-corrected chi connectivity index (χ2v) is 9.87. The first-order chi connectivity index (χ1) is 19.8. The van der Waals surface area contributed by atoms with Crippen molar-refractivity contribution in [2.45, 2.75) is 39.9 Å². The van der Waals surface area contributed by atoms with Gasteiger partial charge in [0.2, 0.25) is 0 Å². The monoisotopic (exact) mass is 588 g/mol. The molecule has 1 N–H and O–H groups in total. The molecule has 12 heteroatoms. The number of carbonyl (C=O) groups excluding carboxylic acids is 3. The van der Waals surface area contributed by atoms with Gasteiger partial charge in [-0.05, 0) is 57.5 Å². The second-order valence-electron chi connectivity index (χ2n) is 9.87. The summed E-state index contributed by atoms with van der Waals surface area (Å²) in [7, 11) is 1.19. The number of amides is 1. The molecular weight excluding hydrogens is 557 g/mol. The Morgan fingerprint density at radius 2 is 1.60 bits per heavy atom. The van der Waals surface area contributed by atoms with Crippen molar-refractivity contribution in [3.8, 4) is 16.9 Å². The van der Waals surface area contributed by atoms with Gasteiger partial charge in [0.25, 0.3) is 0 Å². The standard InChI is InChI=1S/C30H31F3N2O7/c1-6-40-26(36)16-35(29(38)42-30(2,3)4)34-27-19(8-7-9-21(27)28(37)39-5)17-41-20-12-10-18(11-13-20)22-14-24(32)25(33)15-23(22)31/h7-15,34H,6,16-17H2,1-5H3. The van der Waals surface area contributed by atoms with Gasteiger partial charge in [0.05, 0.1) is 25.0 Å². The average molecular weight is 589 g/mol. The number of hydrogen-bond acceptors (Lipinski definition) is 8. The SMILES string of the molecule is CCOC(=O)CN(Nc1c(COc2ccc(-c3cc(F)c(F)cc3F)cc2)cccc1C(=O)OC)C(=O)OC(C)(C)C. The third-order valence-electron chi connectivity index (χ3n) is 5.58. The molecule has 0 aromatic heterocycles. The van der Waals surface area contributed by atoms with E-state index in [1.54, 1.807) is 39.8 Å². The third-order valence-corrected chi connectivity index (χ3v) is 5.58. The lowest BCUT2D eigenvalue weighted by molar-refractivity contribution is -0.144. The molecule has 3 aromatic carbocycles. The molecule has 9 nitrogen and oxygen atoms in total. The summed E-state index contributed by atoms with van der Waals surface area (Å²) >= 11 is 0. The minimum Gasteiger partial charge on any atom is -0.489 e. The van der Waals surface area contributed by atoms with Crippen LogP contribution < -0.4 is 10.2 Å². The zero-order valence-corrected chi connectivity index (χ0v) is 23.8. The Kier molecular flexibility index (Phi) is 10.4. The first-order valence-electron chi connectivity index (χ1n) is 12.8. The first kappa shape index (κ1) is 31.8. The summed E-state index contributed by atoms with van der Waals surface area (Å²) in [6, 6.07) is 11.8. The lowest BCUT2D eigenvalue weighted by Crippen LogP contribution is -2.44. The van der Waals surface area contributed by atoms with Crippen molar-refractivity contribution in [2.75, 3.05) is 25.7 Å². The highest BCUT2D eigenvalue weighted by Crippen LogP contribution is 2.29. The summed E-state index contributed by atoms with van der Waals surface area (Å²) in [5, 5.41) is 0.875. The van der Waals surface area contributed by atoms with Gasteiger partial charge in [-0.15, -0.1) is 0 Å². The Hall–Kier alpha value is -4.74. The number of methoxy groups -OCH3 is 1. The Morgan fingerprint density at radius 1 is 0.929 bits per heavy atom. The molecule has 3 aromatic rings. The number of rotatable bonds is 10. The first-order valence-corrected chi connectivity index (χ1v) is 12.8. The van der Waals surface area contributed by atoms with Crippen LogP contribution in [0.5, 0.6) is 5.75 Å². The molecule has 42 heavy (non-hydrogen) atoms. The van der Waals surface area contributed by atoms with Crippen molar-refractivity contribution in [1.82, 2.24) is 5.01 Å². The number of nitrogens with one attached hydrogen (secondary N) is 1. The van der Waals surface area contributed by atoms with Crippen LogP contribution in [0.4, 0.5) is 23.7 Å². The van der Waals surface area contributed by atoms with Crippen molar-refractivity contribution < 1.29 is 46.5 Å². The van der Waals surface area contributed by atoms with Gasteiger partial charge >= 0.3 is 18.0 Å². The number of hydrazine groups is 1. The van der Waals surface area contributed by atoms with E-state index in [0.717, 1.165) is 11.1 Å². The molecule has 0 unspecified atom stereocenters. The van der Waals surface area contributed by atoms with Gasteiger partial charge < -0.3 is 18.9 Å². The smallest absolute Gasteiger partial charge is 0.429 e. The van der Waals surface area contributed by atoms with Crippen LogP contribution in [0.25, 0.3) is 11.1 Å². The van der Waals surface area contributed by atoms with Crippen LogP contribution in [0.15, 0.2) is 54.6 Å². The van der Waals surface area contributed by atoms with Gasteiger partial charge in [-0.1, -0.05) is 24.3 Å². The van der Waals surface area contributed by atoms with E-state index >= 15 is 0 Å². The largest absolute Gasteiger partial charge is 0.489 e. The summed E-state index contributed by atoms with van der Waals surface area (Å²) in [6.07, 6.45) is -0.901. The van der Waals surface area contributed by atoms with Gasteiger partial charge in [0.1, 0.15) is 30.3 Å². The molecule has 0 aliphatic rings. The van der Waals surface area contributed by atoms with Crippen LogP contribution in [0.2, 0.25) is 0 Å². The Morgan fingerprint density at radius 3 is 2.21 bits per heavy atom. The highest BCUT2D eigenvalue weighted by atomic mass is 19.2. The zero-order valence-electron chi connectivity index (χ0n) is 23.8. The van der Waals surface area contributed by atoms with Gasteiger partial charge in [-0.3, -0.25) is 10.2 Å². The van der Waals surface area contributed by atoms with E-state index < -0.39 is 47.6 Å². The molecule has 0 saturated heterocycles. The summed E-state index contributed by atoms with van der Waals surface area (Å²) in [5.41, 5.74) is 2.62. The van der Waals surface area contributed by atoms with Gasteiger partial charge in [0, 0.05) is 17.2 Å². The molecule has 0 bridgehead atoms. The second kappa shape index (κ2) is 13.7. The van der Waals surface area contributed by atoms with Crippen LogP contribution in [0.3, 0.4) is 0 Å². The number of ether oxygens (including phenoxy) is 4. The quantitative estimate of drug-likeness (QED) is 0.128. The molecule has 0 aliphatic carbocycles. The van der Waals surface area contributed by atoms with Crippen molar-refractivity contribution in [2.24, 2.45) is 0 Å². The number of para-hydroxylation sites is 1. The minimum atomic E-state index is -1.29. The molecule has 3 rings (SSSR count). The van der Waals surface area contributed by atoms with Crippen molar-refractivity contribution in [1.29, 1.82) is 0 Å². The molecule has 0 heterocycles. The predicted octanol–water partition coefficient (Wildman–Crippen LogP) is 6.26. The fourth-order valence-electron chi connectivity index (χ4n) is 3.71. The van der Waals surface area contributed by atoms with E-state index in [9.17, 15) is 27.6 Å². The normalized spacial score (nSPS) is 11.0. The molecule has 224 valence electrons.